The summed E-state index contributed by atoms with van der Waals surface area (Å²) in [5.41, 5.74) is 2.11. The van der Waals surface area contributed by atoms with E-state index in [-0.39, 0.29) is 31.6 Å². The predicted molar refractivity (Wildman–Crippen MR) is 126 cm³/mol. The molecule has 3 aromatic rings. The fourth-order valence-electron chi connectivity index (χ4n) is 3.45. The Balaban J connectivity index is 1.49. The quantitative estimate of drug-likeness (QED) is 0.512. The van der Waals surface area contributed by atoms with E-state index in [9.17, 15) is 14.4 Å². The fourth-order valence-corrected chi connectivity index (χ4v) is 3.64. The van der Waals surface area contributed by atoms with Crippen LogP contribution in [0, 0.1) is 0 Å². The molecule has 1 aliphatic heterocycles. The second-order valence-corrected chi connectivity index (χ2v) is 7.82. The molecule has 9 heteroatoms. The number of nitrogens with one attached hydrogen (secondary N) is 1. The second kappa shape index (κ2) is 10.3. The Kier molecular flexibility index (Phi) is 6.98. The van der Waals surface area contributed by atoms with Crippen LogP contribution in [0.15, 0.2) is 66.7 Å². The molecule has 2 amide bonds. The number of anilines is 2. The van der Waals surface area contributed by atoms with Crippen LogP contribution < -0.4 is 19.7 Å². The molecule has 1 aliphatic rings. The predicted octanol–water partition coefficient (Wildman–Crippen LogP) is 4.07. The molecule has 1 N–H and O–H groups in total. The van der Waals surface area contributed by atoms with Gasteiger partial charge in [0.1, 0.15) is 11.5 Å². The minimum absolute atomic E-state index is 0.110. The minimum atomic E-state index is -0.459. The molecule has 0 radical (unpaired) electrons. The van der Waals surface area contributed by atoms with Gasteiger partial charge in [0.05, 0.1) is 29.9 Å². The maximum atomic E-state index is 12.7. The summed E-state index contributed by atoms with van der Waals surface area (Å²) in [5, 5.41) is 3.16. The van der Waals surface area contributed by atoms with E-state index in [2.05, 4.69) is 5.32 Å². The number of esters is 1. The number of methoxy groups -OCH3 is 1. The lowest BCUT2D eigenvalue weighted by atomic mass is 10.1. The largest absolute Gasteiger partial charge is 0.482 e. The molecule has 0 saturated carbocycles. The molecule has 0 fully saturated rings. The van der Waals surface area contributed by atoms with Crippen molar-refractivity contribution in [2.24, 2.45) is 0 Å². The minimum Gasteiger partial charge on any atom is -0.482 e. The molecule has 0 aliphatic carbocycles. The van der Waals surface area contributed by atoms with Gasteiger partial charge in [-0.3, -0.25) is 9.59 Å². The summed E-state index contributed by atoms with van der Waals surface area (Å²) in [4.78, 5) is 38.4. The Hall–Kier alpha value is -4.04. The van der Waals surface area contributed by atoms with Crippen molar-refractivity contribution in [2.75, 3.05) is 30.5 Å². The first kappa shape index (κ1) is 23.1. The number of ether oxygens (including phenoxy) is 3. The summed E-state index contributed by atoms with van der Waals surface area (Å²) in [7, 11) is 1.31. The van der Waals surface area contributed by atoms with Crippen LogP contribution in [0.3, 0.4) is 0 Å². The highest BCUT2D eigenvalue weighted by atomic mass is 35.5. The van der Waals surface area contributed by atoms with E-state index in [0.29, 0.717) is 33.5 Å². The maximum absolute atomic E-state index is 12.7. The molecule has 0 atom stereocenters. The SMILES string of the molecule is COC(=O)c1cccc(CN2C(=O)COc3ccc(NC(=O)COc4ccccc4Cl)cc32)c1. The summed E-state index contributed by atoms with van der Waals surface area (Å²) >= 11 is 6.05. The summed E-state index contributed by atoms with van der Waals surface area (Å²) in [6, 6.07) is 18.7. The molecule has 0 bridgehead atoms. The van der Waals surface area contributed by atoms with Crippen molar-refractivity contribution in [1.82, 2.24) is 0 Å². The van der Waals surface area contributed by atoms with Gasteiger partial charge >= 0.3 is 5.97 Å². The van der Waals surface area contributed by atoms with Crippen LogP contribution in [-0.2, 0) is 20.9 Å². The Morgan fingerprint density at radius 2 is 1.91 bits per heavy atom. The van der Waals surface area contributed by atoms with Gasteiger partial charge in [-0.2, -0.15) is 0 Å². The molecule has 174 valence electrons. The second-order valence-electron chi connectivity index (χ2n) is 7.41. The molecule has 34 heavy (non-hydrogen) atoms. The first-order chi connectivity index (χ1) is 16.4. The topological polar surface area (TPSA) is 94.2 Å². The average molecular weight is 481 g/mol. The summed E-state index contributed by atoms with van der Waals surface area (Å²) in [6.45, 7) is -0.131. The van der Waals surface area contributed by atoms with E-state index >= 15 is 0 Å². The zero-order valence-corrected chi connectivity index (χ0v) is 19.0. The number of benzene rings is 3. The van der Waals surface area contributed by atoms with Gasteiger partial charge in [0.25, 0.3) is 11.8 Å². The lowest BCUT2D eigenvalue weighted by Gasteiger charge is -2.30. The monoisotopic (exact) mass is 480 g/mol. The van der Waals surface area contributed by atoms with Crippen molar-refractivity contribution in [3.05, 3.63) is 82.9 Å². The first-order valence-electron chi connectivity index (χ1n) is 10.4. The van der Waals surface area contributed by atoms with Crippen LogP contribution in [0.4, 0.5) is 11.4 Å². The third-order valence-corrected chi connectivity index (χ3v) is 5.38. The molecule has 1 heterocycles. The third kappa shape index (κ3) is 5.29. The van der Waals surface area contributed by atoms with Crippen LogP contribution in [0.2, 0.25) is 5.02 Å². The number of para-hydroxylation sites is 1. The fraction of sp³-hybridized carbons (Fsp3) is 0.160. The third-order valence-electron chi connectivity index (χ3n) is 5.07. The molecule has 8 nitrogen and oxygen atoms in total. The van der Waals surface area contributed by atoms with Crippen LogP contribution in [0.1, 0.15) is 15.9 Å². The molecule has 0 spiro atoms. The number of carbonyl (C=O) groups excluding carboxylic acids is 3. The van der Waals surface area contributed by atoms with E-state index in [1.54, 1.807) is 65.6 Å². The van der Waals surface area contributed by atoms with Crippen molar-refractivity contribution >= 4 is 40.8 Å². The van der Waals surface area contributed by atoms with Crippen molar-refractivity contribution in [3.8, 4) is 11.5 Å². The zero-order valence-electron chi connectivity index (χ0n) is 18.2. The van der Waals surface area contributed by atoms with E-state index in [1.807, 2.05) is 6.07 Å². The highest BCUT2D eigenvalue weighted by molar-refractivity contribution is 6.32. The van der Waals surface area contributed by atoms with Crippen molar-refractivity contribution < 1.29 is 28.6 Å². The van der Waals surface area contributed by atoms with Gasteiger partial charge in [-0.1, -0.05) is 35.9 Å². The number of fused-ring (bicyclic) bond motifs is 1. The Morgan fingerprint density at radius 3 is 2.71 bits per heavy atom. The molecular formula is C25H21ClN2O6. The van der Waals surface area contributed by atoms with Gasteiger partial charge in [-0.05, 0) is 48.0 Å². The molecule has 4 rings (SSSR count). The summed E-state index contributed by atoms with van der Waals surface area (Å²) in [5.74, 6) is -0.181. The van der Waals surface area contributed by atoms with E-state index in [1.165, 1.54) is 7.11 Å². The standard InChI is InChI=1S/C25H21ClN2O6/c1-32-25(31)17-6-4-5-16(11-17)13-28-20-12-18(9-10-22(20)34-15-24(28)30)27-23(29)14-33-21-8-3-2-7-19(21)26/h2-12H,13-15H2,1H3,(H,27,29). The number of hydrogen-bond acceptors (Lipinski definition) is 6. The highest BCUT2D eigenvalue weighted by Gasteiger charge is 2.26. The number of carbonyl (C=O) groups is 3. The first-order valence-corrected chi connectivity index (χ1v) is 10.7. The van der Waals surface area contributed by atoms with Gasteiger partial charge in [0.2, 0.25) is 0 Å². The van der Waals surface area contributed by atoms with E-state index in [4.69, 9.17) is 25.8 Å². The summed E-state index contributed by atoms with van der Waals surface area (Å²) < 4.78 is 15.8. The van der Waals surface area contributed by atoms with E-state index in [0.717, 1.165) is 5.56 Å². The van der Waals surface area contributed by atoms with Gasteiger partial charge in [-0.25, -0.2) is 4.79 Å². The van der Waals surface area contributed by atoms with Gasteiger partial charge in [0.15, 0.2) is 13.2 Å². The van der Waals surface area contributed by atoms with Crippen LogP contribution in [-0.4, -0.2) is 38.1 Å². The number of nitrogens with zero attached hydrogens (tertiary/aromatic N) is 1. The van der Waals surface area contributed by atoms with Gasteiger partial charge < -0.3 is 24.4 Å². The number of hydrogen-bond donors (Lipinski definition) is 1. The smallest absolute Gasteiger partial charge is 0.337 e. The number of rotatable bonds is 7. The van der Waals surface area contributed by atoms with Gasteiger partial charge in [-0.15, -0.1) is 0 Å². The Morgan fingerprint density at radius 1 is 1.09 bits per heavy atom. The molecule has 3 aromatic carbocycles. The molecule has 0 unspecified atom stereocenters. The highest BCUT2D eigenvalue weighted by Crippen LogP contribution is 2.35. The van der Waals surface area contributed by atoms with E-state index < -0.39 is 5.97 Å². The molecule has 0 saturated heterocycles. The Bertz CT molecular complexity index is 1250. The lowest BCUT2D eigenvalue weighted by Crippen LogP contribution is -2.38. The number of halogens is 1. The number of amides is 2. The maximum Gasteiger partial charge on any atom is 0.337 e. The van der Waals surface area contributed by atoms with Crippen molar-refractivity contribution in [3.63, 3.8) is 0 Å². The lowest BCUT2D eigenvalue weighted by molar-refractivity contribution is -0.121. The zero-order chi connectivity index (χ0) is 24.1. The van der Waals surface area contributed by atoms with Crippen LogP contribution >= 0.6 is 11.6 Å². The molecule has 0 aromatic heterocycles. The summed E-state index contributed by atoms with van der Waals surface area (Å²) in [6.07, 6.45) is 0. The van der Waals surface area contributed by atoms with Gasteiger partial charge in [0, 0.05) is 5.69 Å². The Labute approximate surface area is 201 Å². The normalized spacial score (nSPS) is 12.4. The van der Waals surface area contributed by atoms with Crippen LogP contribution in [0.25, 0.3) is 0 Å². The van der Waals surface area contributed by atoms with Crippen molar-refractivity contribution in [2.45, 2.75) is 6.54 Å². The average Bonchev–Trinajstić information content (AvgIpc) is 2.85. The van der Waals surface area contributed by atoms with Crippen LogP contribution in [0.5, 0.6) is 11.5 Å². The molecular weight excluding hydrogens is 460 g/mol. The van der Waals surface area contributed by atoms with Crippen molar-refractivity contribution in [1.29, 1.82) is 0 Å².